The van der Waals surface area contributed by atoms with Crippen LogP contribution < -0.4 is 0 Å². The molecule has 3 heteroatoms. The molecule has 3 nitrogen and oxygen atoms in total. The summed E-state index contributed by atoms with van der Waals surface area (Å²) in [6.07, 6.45) is 7.69. The highest BCUT2D eigenvalue weighted by Gasteiger charge is 2.55. The second kappa shape index (κ2) is 5.59. The van der Waals surface area contributed by atoms with Crippen LogP contribution in [0.3, 0.4) is 0 Å². The van der Waals surface area contributed by atoms with Gasteiger partial charge < -0.3 is 9.64 Å². The van der Waals surface area contributed by atoms with Gasteiger partial charge in [-0.25, -0.2) is 0 Å². The van der Waals surface area contributed by atoms with Crippen LogP contribution in [0.5, 0.6) is 0 Å². The van der Waals surface area contributed by atoms with E-state index < -0.39 is 0 Å². The quantitative estimate of drug-likeness (QED) is 0.827. The predicted octanol–water partition coefficient (Wildman–Crippen LogP) is 3.80. The summed E-state index contributed by atoms with van der Waals surface area (Å²) in [5, 5.41) is 0. The van der Waals surface area contributed by atoms with E-state index in [0.29, 0.717) is 12.5 Å². The highest BCUT2D eigenvalue weighted by molar-refractivity contribution is 5.83. The smallest absolute Gasteiger partial charge is 0.228 e. The molecule has 4 saturated carbocycles. The van der Waals surface area contributed by atoms with Gasteiger partial charge in [-0.2, -0.15) is 0 Å². The Balaban J connectivity index is 1.35. The van der Waals surface area contributed by atoms with Crippen molar-refractivity contribution in [1.29, 1.82) is 0 Å². The first-order valence-corrected chi connectivity index (χ1v) is 9.68. The molecule has 0 unspecified atom stereocenters. The van der Waals surface area contributed by atoms with Crippen LogP contribution in [-0.4, -0.2) is 30.5 Å². The zero-order valence-electron chi connectivity index (χ0n) is 14.3. The van der Waals surface area contributed by atoms with Crippen molar-refractivity contribution in [2.45, 2.75) is 44.6 Å². The summed E-state index contributed by atoms with van der Waals surface area (Å²) in [6.45, 7) is 2.16. The molecule has 0 aromatic heterocycles. The van der Waals surface area contributed by atoms with Gasteiger partial charge in [0.15, 0.2) is 0 Å². The summed E-state index contributed by atoms with van der Waals surface area (Å²) in [4.78, 5) is 15.6. The fraction of sp³-hybridized carbons (Fsp3) is 0.667. The first-order valence-electron chi connectivity index (χ1n) is 9.68. The third-order valence-corrected chi connectivity index (χ3v) is 7.02. The molecular weight excluding hydrogens is 298 g/mol. The number of hydrogen-bond acceptors (Lipinski definition) is 2. The van der Waals surface area contributed by atoms with E-state index in [2.05, 4.69) is 29.2 Å². The average molecular weight is 325 g/mol. The minimum atomic E-state index is -0.0205. The van der Waals surface area contributed by atoms with Crippen LogP contribution in [-0.2, 0) is 9.53 Å². The van der Waals surface area contributed by atoms with E-state index in [-0.39, 0.29) is 11.5 Å². The Kier molecular flexibility index (Phi) is 3.48. The van der Waals surface area contributed by atoms with E-state index in [1.54, 1.807) is 0 Å². The first-order chi connectivity index (χ1) is 11.7. The maximum absolute atomic E-state index is 13.5. The molecule has 1 aromatic carbocycles. The number of morpholine rings is 1. The van der Waals surface area contributed by atoms with Gasteiger partial charge in [0, 0.05) is 6.54 Å². The molecule has 5 fully saturated rings. The second-order valence-corrected chi connectivity index (χ2v) is 8.72. The lowest BCUT2D eigenvalue weighted by atomic mass is 9.49. The second-order valence-electron chi connectivity index (χ2n) is 8.72. The Morgan fingerprint density at radius 2 is 1.62 bits per heavy atom. The van der Waals surface area contributed by atoms with E-state index >= 15 is 0 Å². The Morgan fingerprint density at radius 3 is 2.25 bits per heavy atom. The van der Waals surface area contributed by atoms with Crippen LogP contribution in [0.25, 0.3) is 0 Å². The fourth-order valence-corrected chi connectivity index (χ4v) is 6.41. The van der Waals surface area contributed by atoms with Crippen molar-refractivity contribution in [2.24, 2.45) is 23.2 Å². The maximum atomic E-state index is 13.5. The van der Waals surface area contributed by atoms with Crippen molar-refractivity contribution in [2.75, 3.05) is 19.7 Å². The molecule has 6 rings (SSSR count). The summed E-state index contributed by atoms with van der Waals surface area (Å²) in [7, 11) is 0. The minimum absolute atomic E-state index is 0.0205. The van der Waals surface area contributed by atoms with Gasteiger partial charge in [0.1, 0.15) is 6.10 Å². The van der Waals surface area contributed by atoms with E-state index in [1.165, 1.54) is 24.8 Å². The van der Waals surface area contributed by atoms with Crippen molar-refractivity contribution >= 4 is 5.91 Å². The molecule has 1 aliphatic heterocycles. The Labute approximate surface area is 144 Å². The van der Waals surface area contributed by atoms with Crippen LogP contribution in [0.15, 0.2) is 30.3 Å². The third-order valence-electron chi connectivity index (χ3n) is 7.02. The topological polar surface area (TPSA) is 29.5 Å². The molecule has 1 saturated heterocycles. The van der Waals surface area contributed by atoms with Gasteiger partial charge in [-0.05, 0) is 61.8 Å². The zero-order valence-corrected chi connectivity index (χ0v) is 14.3. The van der Waals surface area contributed by atoms with Crippen LogP contribution in [0.1, 0.15) is 50.2 Å². The normalized spacial score (nSPS) is 40.8. The average Bonchev–Trinajstić information content (AvgIpc) is 2.61. The molecular formula is C21H27NO2. The Morgan fingerprint density at radius 1 is 1.00 bits per heavy atom. The first kappa shape index (κ1) is 14.9. The summed E-state index contributed by atoms with van der Waals surface area (Å²) in [6, 6.07) is 10.4. The number of hydrogen-bond donors (Lipinski definition) is 0. The molecule has 128 valence electrons. The molecule has 1 atom stereocenters. The highest BCUT2D eigenvalue weighted by atomic mass is 16.5. The number of amides is 1. The molecule has 24 heavy (non-hydrogen) atoms. The number of carbonyl (C=O) groups excluding carboxylic acids is 1. The van der Waals surface area contributed by atoms with Gasteiger partial charge in [0.05, 0.1) is 18.6 Å². The number of benzene rings is 1. The summed E-state index contributed by atoms with van der Waals surface area (Å²) < 4.78 is 5.97. The molecule has 4 bridgehead atoms. The standard InChI is InChI=1S/C21H27NO2/c23-20(21-11-15-8-16(12-21)10-17(9-15)13-21)22-6-7-24-19(14-22)18-4-2-1-3-5-18/h1-5,15-17,19H,6-14H2/t15?,16?,17?,19-,21?/m1/s1. The lowest BCUT2D eigenvalue weighted by molar-refractivity contribution is -0.164. The number of carbonyl (C=O) groups is 1. The van der Waals surface area contributed by atoms with Crippen LogP contribution in [0.2, 0.25) is 0 Å². The van der Waals surface area contributed by atoms with E-state index in [1.807, 2.05) is 6.07 Å². The monoisotopic (exact) mass is 325 g/mol. The van der Waals surface area contributed by atoms with Gasteiger partial charge in [0.25, 0.3) is 0 Å². The fourth-order valence-electron chi connectivity index (χ4n) is 6.41. The number of nitrogens with zero attached hydrogens (tertiary/aromatic N) is 1. The zero-order chi connectivity index (χ0) is 16.1. The van der Waals surface area contributed by atoms with Gasteiger partial charge in [-0.3, -0.25) is 4.79 Å². The summed E-state index contributed by atoms with van der Waals surface area (Å²) in [5.41, 5.74) is 1.17. The van der Waals surface area contributed by atoms with Gasteiger partial charge in [0.2, 0.25) is 5.91 Å². The Bertz CT molecular complexity index is 591. The molecule has 4 aliphatic carbocycles. The maximum Gasteiger partial charge on any atom is 0.228 e. The van der Waals surface area contributed by atoms with Crippen molar-refractivity contribution < 1.29 is 9.53 Å². The van der Waals surface area contributed by atoms with Crippen molar-refractivity contribution in [3.05, 3.63) is 35.9 Å². The van der Waals surface area contributed by atoms with E-state index in [0.717, 1.165) is 50.1 Å². The van der Waals surface area contributed by atoms with Gasteiger partial charge >= 0.3 is 0 Å². The molecule has 0 N–H and O–H groups in total. The van der Waals surface area contributed by atoms with E-state index in [9.17, 15) is 4.79 Å². The van der Waals surface area contributed by atoms with Gasteiger partial charge in [-0.1, -0.05) is 30.3 Å². The van der Waals surface area contributed by atoms with Crippen molar-refractivity contribution in [3.63, 3.8) is 0 Å². The molecule has 1 heterocycles. The van der Waals surface area contributed by atoms with Crippen molar-refractivity contribution in [1.82, 2.24) is 4.90 Å². The Hall–Kier alpha value is -1.35. The summed E-state index contributed by atoms with van der Waals surface area (Å²) in [5.74, 6) is 2.93. The van der Waals surface area contributed by atoms with Crippen LogP contribution >= 0.6 is 0 Å². The minimum Gasteiger partial charge on any atom is -0.370 e. The molecule has 5 aliphatic rings. The lowest BCUT2D eigenvalue weighted by Gasteiger charge is -2.57. The third kappa shape index (κ3) is 2.40. The van der Waals surface area contributed by atoms with Crippen molar-refractivity contribution in [3.8, 4) is 0 Å². The molecule has 0 spiro atoms. The summed E-state index contributed by atoms with van der Waals surface area (Å²) >= 11 is 0. The molecule has 0 radical (unpaired) electrons. The van der Waals surface area contributed by atoms with Crippen LogP contribution in [0, 0.1) is 23.2 Å². The largest absolute Gasteiger partial charge is 0.370 e. The number of ether oxygens (including phenoxy) is 1. The SMILES string of the molecule is O=C(N1CCO[C@@H](c2ccccc2)C1)C12CC3CC(CC(C3)C1)C2. The number of rotatable bonds is 2. The predicted molar refractivity (Wildman–Crippen MR) is 92.3 cm³/mol. The highest BCUT2D eigenvalue weighted by Crippen LogP contribution is 2.60. The van der Waals surface area contributed by atoms with Gasteiger partial charge in [-0.15, -0.1) is 0 Å². The molecule has 1 amide bonds. The van der Waals surface area contributed by atoms with Crippen LogP contribution in [0.4, 0.5) is 0 Å². The lowest BCUT2D eigenvalue weighted by Crippen LogP contribution is -2.56. The van der Waals surface area contributed by atoms with E-state index in [4.69, 9.17) is 4.74 Å². The molecule has 1 aromatic rings.